The lowest BCUT2D eigenvalue weighted by molar-refractivity contribution is 0.505. The Kier molecular flexibility index (Phi) is 3.50. The highest BCUT2D eigenvalue weighted by Crippen LogP contribution is 2.42. The van der Waals surface area contributed by atoms with Gasteiger partial charge >= 0.3 is 0 Å². The van der Waals surface area contributed by atoms with Crippen molar-refractivity contribution in [2.75, 3.05) is 4.31 Å². The van der Waals surface area contributed by atoms with Crippen LogP contribution in [0.2, 0.25) is 5.02 Å². The topological polar surface area (TPSA) is 76.3 Å². The molecule has 0 amide bonds. The number of hydrogen-bond acceptors (Lipinski definition) is 5. The van der Waals surface area contributed by atoms with Crippen molar-refractivity contribution < 1.29 is 12.8 Å². The third kappa shape index (κ3) is 2.50. The Morgan fingerprint density at radius 3 is 2.59 bits per heavy atom. The molecule has 27 heavy (non-hydrogen) atoms. The first-order valence-electron chi connectivity index (χ1n) is 8.17. The molecule has 0 saturated heterocycles. The monoisotopic (exact) mass is 397 g/mol. The molecule has 0 aliphatic carbocycles. The summed E-state index contributed by atoms with van der Waals surface area (Å²) >= 11 is 6.00. The van der Waals surface area contributed by atoms with Gasteiger partial charge in [-0.2, -0.15) is 0 Å². The summed E-state index contributed by atoms with van der Waals surface area (Å²) in [6.45, 7) is -0.0380. The number of halogens is 1. The highest BCUT2D eigenvalue weighted by molar-refractivity contribution is 7.93. The molecular weight excluding hydrogens is 386 g/mol. The minimum atomic E-state index is -3.67. The van der Waals surface area contributed by atoms with Crippen LogP contribution in [-0.2, 0) is 16.6 Å². The zero-order valence-corrected chi connectivity index (χ0v) is 15.4. The summed E-state index contributed by atoms with van der Waals surface area (Å²) in [6, 6.07) is 17.8. The van der Waals surface area contributed by atoms with Gasteiger partial charge in [0.1, 0.15) is 6.54 Å². The van der Waals surface area contributed by atoms with Crippen LogP contribution in [0.5, 0.6) is 0 Å². The molecule has 0 radical (unpaired) electrons. The van der Waals surface area contributed by atoms with E-state index in [-0.39, 0.29) is 12.4 Å². The quantitative estimate of drug-likeness (QED) is 0.516. The largest absolute Gasteiger partial charge is 0.419 e. The maximum Gasteiger partial charge on any atom is 0.265 e. The number of anilines is 1. The van der Waals surface area contributed by atoms with Crippen molar-refractivity contribution in [1.82, 2.24) is 10.2 Å². The van der Waals surface area contributed by atoms with Gasteiger partial charge in [0.25, 0.3) is 10.0 Å². The van der Waals surface area contributed by atoms with Crippen molar-refractivity contribution in [2.24, 2.45) is 0 Å². The summed E-state index contributed by atoms with van der Waals surface area (Å²) in [5.41, 5.74) is 1.29. The fraction of sp³-hybridized carbons (Fsp3) is 0.0526. The van der Waals surface area contributed by atoms with Gasteiger partial charge < -0.3 is 4.42 Å². The molecule has 0 atom stereocenters. The van der Waals surface area contributed by atoms with Gasteiger partial charge in [-0.1, -0.05) is 41.9 Å². The number of benzene rings is 3. The predicted molar refractivity (Wildman–Crippen MR) is 102 cm³/mol. The molecule has 2 heterocycles. The molecule has 1 aromatic heterocycles. The first-order chi connectivity index (χ1) is 13.0. The van der Waals surface area contributed by atoms with E-state index in [1.807, 2.05) is 18.2 Å². The molecule has 0 unspecified atom stereocenters. The second kappa shape index (κ2) is 5.80. The average molecular weight is 398 g/mol. The predicted octanol–water partition coefficient (Wildman–Crippen LogP) is 4.25. The van der Waals surface area contributed by atoms with E-state index in [0.29, 0.717) is 27.1 Å². The Bertz CT molecular complexity index is 1300. The molecular formula is C19H12ClN3O3S. The van der Waals surface area contributed by atoms with Crippen LogP contribution in [0.1, 0.15) is 5.89 Å². The van der Waals surface area contributed by atoms with Gasteiger partial charge in [-0.25, -0.2) is 8.42 Å². The molecule has 8 heteroatoms. The summed E-state index contributed by atoms with van der Waals surface area (Å²) in [5, 5.41) is 10.2. The van der Waals surface area contributed by atoms with Gasteiger partial charge in [-0.15, -0.1) is 10.2 Å². The van der Waals surface area contributed by atoms with Crippen LogP contribution in [0.4, 0.5) is 5.69 Å². The van der Waals surface area contributed by atoms with Crippen molar-refractivity contribution in [3.05, 3.63) is 71.6 Å². The zero-order chi connectivity index (χ0) is 18.6. The molecule has 134 valence electrons. The number of rotatable bonds is 3. The van der Waals surface area contributed by atoms with E-state index in [1.54, 1.807) is 42.5 Å². The third-order valence-electron chi connectivity index (χ3n) is 4.50. The molecule has 6 nitrogen and oxygen atoms in total. The lowest BCUT2D eigenvalue weighted by atomic mass is 10.1. The van der Waals surface area contributed by atoms with Crippen LogP contribution < -0.4 is 4.31 Å². The van der Waals surface area contributed by atoms with Crippen LogP contribution in [0.3, 0.4) is 0 Å². The van der Waals surface area contributed by atoms with Crippen LogP contribution in [0, 0.1) is 0 Å². The van der Waals surface area contributed by atoms with Crippen molar-refractivity contribution >= 4 is 38.1 Å². The minimum absolute atomic E-state index is 0.0380. The van der Waals surface area contributed by atoms with Crippen molar-refractivity contribution in [1.29, 1.82) is 0 Å². The maximum absolute atomic E-state index is 13.0. The van der Waals surface area contributed by atoms with E-state index < -0.39 is 10.0 Å². The van der Waals surface area contributed by atoms with Gasteiger partial charge in [-0.3, -0.25) is 4.31 Å². The molecule has 5 rings (SSSR count). The van der Waals surface area contributed by atoms with E-state index in [0.717, 1.165) is 10.8 Å². The Balaban J connectivity index is 1.55. The molecule has 0 saturated carbocycles. The van der Waals surface area contributed by atoms with E-state index in [4.69, 9.17) is 16.0 Å². The normalized spacial score (nSPS) is 14.8. The third-order valence-corrected chi connectivity index (χ3v) is 6.54. The number of aromatic nitrogens is 2. The molecule has 4 aromatic rings. The Hall–Kier alpha value is -2.90. The van der Waals surface area contributed by atoms with Crippen LogP contribution in [0.15, 0.2) is 70.0 Å². The fourth-order valence-electron chi connectivity index (χ4n) is 3.31. The smallest absolute Gasteiger partial charge is 0.265 e. The molecule has 0 spiro atoms. The van der Waals surface area contributed by atoms with Crippen molar-refractivity contribution in [2.45, 2.75) is 11.4 Å². The summed E-state index contributed by atoms with van der Waals surface area (Å²) in [4.78, 5) is 0.296. The minimum Gasteiger partial charge on any atom is -0.419 e. The fourth-order valence-corrected chi connectivity index (χ4v) is 5.16. The van der Waals surface area contributed by atoms with Crippen molar-refractivity contribution in [3.8, 4) is 11.5 Å². The summed E-state index contributed by atoms with van der Waals surface area (Å²) in [6.07, 6.45) is 0. The second-order valence-electron chi connectivity index (χ2n) is 6.15. The molecule has 0 N–H and O–H groups in total. The van der Waals surface area contributed by atoms with E-state index in [9.17, 15) is 8.42 Å². The SMILES string of the molecule is O=S1(=O)c2cccc3cccc(c23)N1Cc1nnc(-c2cccc(Cl)c2)o1. The Morgan fingerprint density at radius 2 is 1.78 bits per heavy atom. The molecule has 0 bridgehead atoms. The summed E-state index contributed by atoms with van der Waals surface area (Å²) < 4.78 is 33.0. The Morgan fingerprint density at radius 1 is 1.00 bits per heavy atom. The standard InChI is InChI=1S/C19H12ClN3O3S/c20-14-7-1-6-13(10-14)19-22-21-17(26-19)11-23-15-8-2-4-12-5-3-9-16(18(12)15)27(23,24)25/h1-10H,11H2. The molecule has 3 aromatic carbocycles. The van der Waals surface area contributed by atoms with Crippen LogP contribution in [-0.4, -0.2) is 18.6 Å². The summed E-state index contributed by atoms with van der Waals surface area (Å²) in [7, 11) is -3.67. The van der Waals surface area contributed by atoms with Crippen LogP contribution in [0.25, 0.3) is 22.2 Å². The highest BCUT2D eigenvalue weighted by Gasteiger charge is 2.36. The lowest BCUT2D eigenvalue weighted by Crippen LogP contribution is -2.26. The number of nitrogens with zero attached hydrogens (tertiary/aromatic N) is 3. The van der Waals surface area contributed by atoms with E-state index in [1.165, 1.54) is 4.31 Å². The number of sulfonamides is 1. The zero-order valence-electron chi connectivity index (χ0n) is 13.8. The Labute approximate surface area is 160 Å². The van der Waals surface area contributed by atoms with Gasteiger partial charge in [0, 0.05) is 16.0 Å². The van der Waals surface area contributed by atoms with Gasteiger partial charge in [-0.05, 0) is 35.7 Å². The van der Waals surface area contributed by atoms with E-state index in [2.05, 4.69) is 10.2 Å². The molecule has 1 aliphatic rings. The highest BCUT2D eigenvalue weighted by atomic mass is 35.5. The van der Waals surface area contributed by atoms with Crippen LogP contribution >= 0.6 is 11.6 Å². The van der Waals surface area contributed by atoms with E-state index >= 15 is 0 Å². The summed E-state index contributed by atoms with van der Waals surface area (Å²) in [5.74, 6) is 0.498. The maximum atomic E-state index is 13.0. The molecule has 1 aliphatic heterocycles. The lowest BCUT2D eigenvalue weighted by Gasteiger charge is -2.16. The first-order valence-corrected chi connectivity index (χ1v) is 9.99. The van der Waals surface area contributed by atoms with Gasteiger partial charge in [0.2, 0.25) is 11.8 Å². The van der Waals surface area contributed by atoms with Gasteiger partial charge in [0.15, 0.2) is 0 Å². The second-order valence-corrected chi connectivity index (χ2v) is 8.42. The first kappa shape index (κ1) is 16.3. The van der Waals surface area contributed by atoms with Crippen molar-refractivity contribution in [3.63, 3.8) is 0 Å². The van der Waals surface area contributed by atoms with Gasteiger partial charge in [0.05, 0.1) is 10.6 Å². The molecule has 0 fully saturated rings. The average Bonchev–Trinajstić information content (AvgIpc) is 3.21. The number of hydrogen-bond donors (Lipinski definition) is 0.